The van der Waals surface area contributed by atoms with Crippen LogP contribution in [0.2, 0.25) is 0 Å². The highest BCUT2D eigenvalue weighted by molar-refractivity contribution is 6.01. The van der Waals surface area contributed by atoms with Crippen molar-refractivity contribution in [3.63, 3.8) is 0 Å². The zero-order valence-corrected chi connectivity index (χ0v) is 19.9. The van der Waals surface area contributed by atoms with Crippen LogP contribution in [0.1, 0.15) is 46.8 Å². The molecule has 4 aromatic rings. The molecule has 0 saturated heterocycles. The first kappa shape index (κ1) is 22.0. The van der Waals surface area contributed by atoms with Crippen LogP contribution >= 0.6 is 0 Å². The van der Waals surface area contributed by atoms with E-state index in [0.29, 0.717) is 23.9 Å². The number of carbonyl (C=O) groups is 1. The molecule has 0 radical (unpaired) electrons. The largest absolute Gasteiger partial charge is 0.487 e. The molecule has 1 aliphatic heterocycles. The maximum Gasteiger partial charge on any atom is 0.323 e. The number of aryl methyl sites for hydroxylation is 1. The fourth-order valence-corrected chi connectivity index (χ4v) is 4.84. The van der Waals surface area contributed by atoms with Gasteiger partial charge in [-0.2, -0.15) is 5.21 Å². The quantitative estimate of drug-likeness (QED) is 0.337. The number of ether oxygens (including phenoxy) is 1. The van der Waals surface area contributed by atoms with Gasteiger partial charge in [0.1, 0.15) is 12.4 Å². The number of nitrogens with zero attached hydrogens (tertiary/aromatic N) is 3. The third-order valence-electron chi connectivity index (χ3n) is 6.90. The van der Waals surface area contributed by atoms with E-state index < -0.39 is 0 Å². The Bertz CT molecular complexity index is 1410. The first-order valence-corrected chi connectivity index (χ1v) is 12.0. The number of tetrazole rings is 1. The Balaban J connectivity index is 1.43. The maximum absolute atomic E-state index is 13.1. The van der Waals surface area contributed by atoms with E-state index in [4.69, 9.17) is 4.74 Å². The Hall–Kier alpha value is -4.46. The van der Waals surface area contributed by atoms with Crippen molar-refractivity contribution in [3.8, 4) is 5.75 Å². The van der Waals surface area contributed by atoms with Crippen LogP contribution in [0.4, 0.5) is 16.2 Å². The average Bonchev–Trinajstić information content (AvgIpc) is 3.58. The molecule has 1 saturated carbocycles. The number of hydrogen-bond donors (Lipinski definition) is 3. The van der Waals surface area contributed by atoms with Gasteiger partial charge in [-0.05, 0) is 55.2 Å². The van der Waals surface area contributed by atoms with Gasteiger partial charge in [0.15, 0.2) is 5.82 Å². The van der Waals surface area contributed by atoms with E-state index in [1.807, 2.05) is 61.5 Å². The summed E-state index contributed by atoms with van der Waals surface area (Å²) >= 11 is 0. The zero-order chi connectivity index (χ0) is 24.5. The number of allylic oxidation sites excluding steroid dienone is 1. The smallest absolute Gasteiger partial charge is 0.323 e. The number of amides is 2. The van der Waals surface area contributed by atoms with Crippen molar-refractivity contribution in [2.24, 2.45) is 0 Å². The number of carbonyl (C=O) groups excluding carboxylic acids is 1. The van der Waals surface area contributed by atoms with E-state index in [1.165, 1.54) is 0 Å². The summed E-state index contributed by atoms with van der Waals surface area (Å²) in [6.07, 6.45) is 6.01. The summed E-state index contributed by atoms with van der Waals surface area (Å²) in [5.41, 5.74) is 5.31. The molecule has 1 atom stereocenters. The van der Waals surface area contributed by atoms with Crippen LogP contribution in [0.3, 0.4) is 0 Å². The SMILES string of the molecule is Cc1ccc(NC(=O)Nc2cc(C3(c4nn[nH]n4)CC3)cc3c2OCC=CC3c2ccccc2)cc1. The summed E-state index contributed by atoms with van der Waals surface area (Å²) in [6, 6.07) is 21.8. The van der Waals surface area contributed by atoms with Crippen molar-refractivity contribution < 1.29 is 9.53 Å². The number of fused-ring (bicyclic) bond motifs is 1. The summed E-state index contributed by atoms with van der Waals surface area (Å²) < 4.78 is 6.20. The molecule has 1 unspecified atom stereocenters. The molecule has 0 spiro atoms. The molecule has 2 amide bonds. The number of H-pyrrole nitrogens is 1. The van der Waals surface area contributed by atoms with Crippen LogP contribution in [0.15, 0.2) is 78.9 Å². The van der Waals surface area contributed by atoms with Crippen molar-refractivity contribution in [1.29, 1.82) is 0 Å². The Kier molecular flexibility index (Phi) is 5.48. The van der Waals surface area contributed by atoms with Gasteiger partial charge < -0.3 is 15.4 Å². The minimum Gasteiger partial charge on any atom is -0.487 e. The van der Waals surface area contributed by atoms with Crippen molar-refractivity contribution >= 4 is 17.4 Å². The number of urea groups is 1. The van der Waals surface area contributed by atoms with Crippen molar-refractivity contribution in [1.82, 2.24) is 20.6 Å². The van der Waals surface area contributed by atoms with E-state index >= 15 is 0 Å². The summed E-state index contributed by atoms with van der Waals surface area (Å²) in [5.74, 6) is 1.31. The van der Waals surface area contributed by atoms with E-state index in [0.717, 1.165) is 40.8 Å². The van der Waals surface area contributed by atoms with Crippen molar-refractivity contribution in [2.75, 3.05) is 17.2 Å². The molecule has 180 valence electrons. The molecule has 6 rings (SSSR count). The number of anilines is 2. The van der Waals surface area contributed by atoms with Crippen LogP contribution in [0.5, 0.6) is 5.75 Å². The Morgan fingerprint density at radius 2 is 1.86 bits per heavy atom. The van der Waals surface area contributed by atoms with E-state index in [9.17, 15) is 4.79 Å². The lowest BCUT2D eigenvalue weighted by Gasteiger charge is -2.23. The highest BCUT2D eigenvalue weighted by atomic mass is 16.5. The molecule has 3 N–H and O–H groups in total. The lowest BCUT2D eigenvalue weighted by molar-refractivity contribution is 0.262. The molecule has 1 fully saturated rings. The van der Waals surface area contributed by atoms with Gasteiger partial charge in [0.25, 0.3) is 0 Å². The van der Waals surface area contributed by atoms with E-state index in [2.05, 4.69) is 55.5 Å². The molecule has 2 aliphatic rings. The number of benzene rings is 3. The molecule has 0 bridgehead atoms. The highest BCUT2D eigenvalue weighted by Gasteiger charge is 2.50. The van der Waals surface area contributed by atoms with Gasteiger partial charge in [-0.1, -0.05) is 65.4 Å². The minimum absolute atomic E-state index is 0.0228. The molecular weight excluding hydrogens is 452 g/mol. The number of aromatic nitrogens is 4. The predicted molar refractivity (Wildman–Crippen MR) is 137 cm³/mol. The van der Waals surface area contributed by atoms with Crippen LogP contribution in [-0.4, -0.2) is 33.3 Å². The van der Waals surface area contributed by atoms with Crippen LogP contribution in [-0.2, 0) is 5.41 Å². The van der Waals surface area contributed by atoms with Gasteiger partial charge in [0, 0.05) is 17.2 Å². The Morgan fingerprint density at radius 3 is 2.58 bits per heavy atom. The first-order chi connectivity index (χ1) is 17.6. The summed E-state index contributed by atoms with van der Waals surface area (Å²) in [7, 11) is 0. The Labute approximate surface area is 208 Å². The number of aromatic amines is 1. The second kappa shape index (κ2) is 8.96. The molecule has 8 heteroatoms. The number of hydrogen-bond acceptors (Lipinski definition) is 5. The fraction of sp³-hybridized carbons (Fsp3) is 0.214. The molecule has 2 heterocycles. The van der Waals surface area contributed by atoms with Crippen molar-refractivity contribution in [3.05, 3.63) is 107 Å². The second-order valence-electron chi connectivity index (χ2n) is 9.33. The number of nitrogens with one attached hydrogen (secondary N) is 3. The topological polar surface area (TPSA) is 105 Å². The minimum atomic E-state index is -0.334. The molecular formula is C28H26N6O2. The molecule has 3 aromatic carbocycles. The van der Waals surface area contributed by atoms with Crippen LogP contribution < -0.4 is 15.4 Å². The van der Waals surface area contributed by atoms with Crippen LogP contribution in [0, 0.1) is 6.92 Å². The third kappa shape index (κ3) is 4.11. The lowest BCUT2D eigenvalue weighted by Crippen LogP contribution is -2.21. The normalized spacial score (nSPS) is 17.4. The number of rotatable bonds is 5. The van der Waals surface area contributed by atoms with Gasteiger partial charge in [-0.3, -0.25) is 0 Å². The second-order valence-corrected chi connectivity index (χ2v) is 9.33. The summed E-state index contributed by atoms with van der Waals surface area (Å²) in [5, 5.41) is 20.9. The van der Waals surface area contributed by atoms with Gasteiger partial charge in [-0.25, -0.2) is 4.79 Å². The van der Waals surface area contributed by atoms with Gasteiger partial charge in [-0.15, -0.1) is 10.2 Å². The van der Waals surface area contributed by atoms with Crippen molar-refractivity contribution in [2.45, 2.75) is 31.1 Å². The molecule has 8 nitrogen and oxygen atoms in total. The van der Waals surface area contributed by atoms with E-state index in [1.54, 1.807) is 0 Å². The Morgan fingerprint density at radius 1 is 1.06 bits per heavy atom. The zero-order valence-electron chi connectivity index (χ0n) is 19.9. The standard InChI is InChI=1S/C28H26N6O2/c1-18-9-11-21(12-10-18)29-27(35)30-24-17-20(28(13-14-28)26-31-33-34-32-26)16-23-22(8-5-15-36-25(23)24)19-6-3-2-4-7-19/h2-12,16-17,22H,13-15H2,1H3,(H2,29,30,35)(H,31,32,33,34). The van der Waals surface area contributed by atoms with Gasteiger partial charge in [0.2, 0.25) is 0 Å². The van der Waals surface area contributed by atoms with Gasteiger partial charge in [0.05, 0.1) is 11.1 Å². The average molecular weight is 479 g/mol. The third-order valence-corrected chi connectivity index (χ3v) is 6.90. The van der Waals surface area contributed by atoms with Gasteiger partial charge >= 0.3 is 6.03 Å². The lowest BCUT2D eigenvalue weighted by atomic mass is 9.85. The summed E-state index contributed by atoms with van der Waals surface area (Å²) in [6.45, 7) is 2.43. The predicted octanol–water partition coefficient (Wildman–Crippen LogP) is 5.31. The monoisotopic (exact) mass is 478 g/mol. The van der Waals surface area contributed by atoms with Crippen LogP contribution in [0.25, 0.3) is 0 Å². The highest BCUT2D eigenvalue weighted by Crippen LogP contribution is 2.54. The first-order valence-electron chi connectivity index (χ1n) is 12.0. The fourth-order valence-electron chi connectivity index (χ4n) is 4.84. The molecule has 36 heavy (non-hydrogen) atoms. The maximum atomic E-state index is 13.1. The summed E-state index contributed by atoms with van der Waals surface area (Å²) in [4.78, 5) is 13.1. The molecule has 1 aliphatic carbocycles. The molecule has 1 aromatic heterocycles. The van der Waals surface area contributed by atoms with E-state index in [-0.39, 0.29) is 17.4 Å².